The highest BCUT2D eigenvalue weighted by Gasteiger charge is 2.31. The first-order chi connectivity index (χ1) is 8.05. The van der Waals surface area contributed by atoms with Gasteiger partial charge in [-0.15, -0.1) is 11.3 Å². The number of nitrogens with two attached hydrogens (primary N) is 1. The van der Waals surface area contributed by atoms with E-state index in [4.69, 9.17) is 10.5 Å². The highest BCUT2D eigenvalue weighted by atomic mass is 32.2. The van der Waals surface area contributed by atoms with E-state index in [1.54, 1.807) is 18.5 Å². The van der Waals surface area contributed by atoms with Crippen molar-refractivity contribution >= 4 is 21.4 Å². The van der Waals surface area contributed by atoms with Gasteiger partial charge in [0.25, 0.3) is 10.0 Å². The zero-order valence-electron chi connectivity index (χ0n) is 9.63. The molecule has 5 nitrogen and oxygen atoms in total. The fourth-order valence-electron chi connectivity index (χ4n) is 1.74. The van der Waals surface area contributed by atoms with Crippen molar-refractivity contribution in [2.24, 2.45) is 5.73 Å². The molecule has 1 unspecified atom stereocenters. The third-order valence-corrected chi connectivity index (χ3v) is 6.29. The largest absolute Gasteiger partial charge is 0.380 e. The molecule has 2 rings (SSSR count). The molecule has 17 heavy (non-hydrogen) atoms. The summed E-state index contributed by atoms with van der Waals surface area (Å²) >= 11 is 1.22. The number of sulfonamides is 1. The summed E-state index contributed by atoms with van der Waals surface area (Å²) in [5, 5.41) is 1.78. The number of rotatable bonds is 4. The molecule has 0 saturated carbocycles. The number of nitrogens with zero attached hydrogens (tertiary/aromatic N) is 1. The molecule has 1 aliphatic rings. The van der Waals surface area contributed by atoms with Crippen molar-refractivity contribution in [2.45, 2.75) is 23.2 Å². The lowest BCUT2D eigenvalue weighted by atomic mass is 10.3. The Morgan fingerprint density at radius 1 is 1.65 bits per heavy atom. The van der Waals surface area contributed by atoms with Crippen LogP contribution in [-0.4, -0.2) is 39.0 Å². The monoisotopic (exact) mass is 276 g/mol. The predicted molar refractivity (Wildman–Crippen MR) is 66.4 cm³/mol. The summed E-state index contributed by atoms with van der Waals surface area (Å²) in [6.07, 6.45) is 0.755. The van der Waals surface area contributed by atoms with Crippen molar-refractivity contribution in [2.75, 3.05) is 20.3 Å². The molecule has 1 aliphatic heterocycles. The van der Waals surface area contributed by atoms with Gasteiger partial charge in [0.05, 0.1) is 12.6 Å². The second-order valence-electron chi connectivity index (χ2n) is 4.02. The molecule has 1 aromatic rings. The Morgan fingerprint density at radius 2 is 2.41 bits per heavy atom. The molecule has 0 radical (unpaired) electrons. The van der Waals surface area contributed by atoms with E-state index in [-0.39, 0.29) is 6.04 Å². The standard InChI is InChI=1S/C10H16N2O3S2/c1-12(9-2-3-15-6-9)17(13,14)10-4-8(5-11)7-16-10/h4,7,9H,2-3,5-6,11H2,1H3. The van der Waals surface area contributed by atoms with Gasteiger partial charge in [-0.2, -0.15) is 4.31 Å². The maximum Gasteiger partial charge on any atom is 0.252 e. The molecule has 1 saturated heterocycles. The van der Waals surface area contributed by atoms with E-state index in [1.807, 2.05) is 0 Å². The van der Waals surface area contributed by atoms with Gasteiger partial charge in [-0.05, 0) is 23.4 Å². The Kier molecular flexibility index (Phi) is 3.84. The summed E-state index contributed by atoms with van der Waals surface area (Å²) in [4.78, 5) is 0. The molecule has 0 amide bonds. The summed E-state index contributed by atoms with van der Waals surface area (Å²) in [6.45, 7) is 1.47. The Balaban J connectivity index is 2.22. The van der Waals surface area contributed by atoms with Crippen LogP contribution in [0.4, 0.5) is 0 Å². The third kappa shape index (κ3) is 2.53. The van der Waals surface area contributed by atoms with Crippen LogP contribution in [0.5, 0.6) is 0 Å². The summed E-state index contributed by atoms with van der Waals surface area (Å²) in [6, 6.07) is 1.59. The van der Waals surface area contributed by atoms with Gasteiger partial charge in [-0.25, -0.2) is 8.42 Å². The quantitative estimate of drug-likeness (QED) is 0.875. The molecular formula is C10H16N2O3S2. The maximum atomic E-state index is 12.3. The maximum absolute atomic E-state index is 12.3. The lowest BCUT2D eigenvalue weighted by molar-refractivity contribution is 0.181. The number of thiophene rings is 1. The van der Waals surface area contributed by atoms with Gasteiger partial charge in [0.15, 0.2) is 0 Å². The lowest BCUT2D eigenvalue weighted by Crippen LogP contribution is -2.36. The number of ether oxygens (including phenoxy) is 1. The van der Waals surface area contributed by atoms with Gasteiger partial charge in [-0.3, -0.25) is 0 Å². The van der Waals surface area contributed by atoms with Crippen LogP contribution in [-0.2, 0) is 21.3 Å². The Morgan fingerprint density at radius 3 is 2.94 bits per heavy atom. The van der Waals surface area contributed by atoms with Gasteiger partial charge in [0, 0.05) is 20.2 Å². The third-order valence-electron chi connectivity index (χ3n) is 2.92. The van der Waals surface area contributed by atoms with Gasteiger partial charge in [0.2, 0.25) is 0 Å². The van der Waals surface area contributed by atoms with Crippen LogP contribution in [0.25, 0.3) is 0 Å². The summed E-state index contributed by atoms with van der Waals surface area (Å²) in [7, 11) is -1.79. The van der Waals surface area contributed by atoms with Crippen molar-refractivity contribution in [3.63, 3.8) is 0 Å². The zero-order chi connectivity index (χ0) is 12.5. The normalized spacial score (nSPS) is 21.2. The molecule has 0 aromatic carbocycles. The number of hydrogen-bond acceptors (Lipinski definition) is 5. The van der Waals surface area contributed by atoms with Gasteiger partial charge < -0.3 is 10.5 Å². The van der Waals surface area contributed by atoms with Crippen molar-refractivity contribution in [1.29, 1.82) is 0 Å². The molecule has 7 heteroatoms. The second-order valence-corrected chi connectivity index (χ2v) is 7.15. The molecule has 0 bridgehead atoms. The summed E-state index contributed by atoms with van der Waals surface area (Å²) in [5.41, 5.74) is 6.33. The van der Waals surface area contributed by atoms with Crippen LogP contribution in [0, 0.1) is 0 Å². The molecule has 2 N–H and O–H groups in total. The van der Waals surface area contributed by atoms with Gasteiger partial charge >= 0.3 is 0 Å². The Labute approximate surface area is 105 Å². The highest BCUT2D eigenvalue weighted by molar-refractivity contribution is 7.91. The van der Waals surface area contributed by atoms with E-state index in [2.05, 4.69) is 0 Å². The van der Waals surface area contributed by atoms with Crippen LogP contribution < -0.4 is 5.73 Å². The molecule has 0 aliphatic carbocycles. The topological polar surface area (TPSA) is 72.6 Å². The molecular weight excluding hydrogens is 260 g/mol. The van der Waals surface area contributed by atoms with E-state index in [1.165, 1.54) is 15.6 Å². The first-order valence-electron chi connectivity index (χ1n) is 5.39. The van der Waals surface area contributed by atoms with Crippen molar-refractivity contribution in [1.82, 2.24) is 4.31 Å². The molecule has 96 valence electrons. The molecule has 1 fully saturated rings. The molecule has 2 heterocycles. The van der Waals surface area contributed by atoms with Crippen LogP contribution in [0.3, 0.4) is 0 Å². The minimum absolute atomic E-state index is 0.0524. The zero-order valence-corrected chi connectivity index (χ0v) is 11.3. The molecule has 1 aromatic heterocycles. The van der Waals surface area contributed by atoms with Crippen LogP contribution in [0.2, 0.25) is 0 Å². The van der Waals surface area contributed by atoms with E-state index in [0.29, 0.717) is 24.0 Å². The van der Waals surface area contributed by atoms with E-state index in [0.717, 1.165) is 12.0 Å². The molecule has 0 spiro atoms. The average molecular weight is 276 g/mol. The highest BCUT2D eigenvalue weighted by Crippen LogP contribution is 2.26. The minimum atomic E-state index is -3.40. The average Bonchev–Trinajstić information content (AvgIpc) is 2.98. The van der Waals surface area contributed by atoms with E-state index < -0.39 is 10.0 Å². The van der Waals surface area contributed by atoms with Crippen molar-refractivity contribution in [3.8, 4) is 0 Å². The second kappa shape index (κ2) is 5.03. The SMILES string of the molecule is CN(C1CCOC1)S(=O)(=O)c1cc(CN)cs1. The summed E-state index contributed by atoms with van der Waals surface area (Å²) < 4.78 is 31.6. The van der Waals surface area contributed by atoms with Crippen LogP contribution in [0.15, 0.2) is 15.7 Å². The fraction of sp³-hybridized carbons (Fsp3) is 0.600. The van der Waals surface area contributed by atoms with Gasteiger partial charge in [0.1, 0.15) is 4.21 Å². The lowest BCUT2D eigenvalue weighted by Gasteiger charge is -2.21. The van der Waals surface area contributed by atoms with Crippen LogP contribution >= 0.6 is 11.3 Å². The first kappa shape index (κ1) is 13.0. The van der Waals surface area contributed by atoms with Crippen molar-refractivity contribution in [3.05, 3.63) is 17.0 Å². The Bertz CT molecular complexity index is 477. The number of hydrogen-bond donors (Lipinski definition) is 1. The summed E-state index contributed by atoms with van der Waals surface area (Å²) in [5.74, 6) is 0. The van der Waals surface area contributed by atoms with E-state index >= 15 is 0 Å². The van der Waals surface area contributed by atoms with Crippen molar-refractivity contribution < 1.29 is 13.2 Å². The smallest absolute Gasteiger partial charge is 0.252 e. The predicted octanol–water partition coefficient (Wildman–Crippen LogP) is 0.616. The molecule has 1 atom stereocenters. The van der Waals surface area contributed by atoms with Gasteiger partial charge in [-0.1, -0.05) is 0 Å². The van der Waals surface area contributed by atoms with E-state index in [9.17, 15) is 8.42 Å². The van der Waals surface area contributed by atoms with Crippen LogP contribution in [0.1, 0.15) is 12.0 Å². The first-order valence-corrected chi connectivity index (χ1v) is 7.71. The number of likely N-dealkylation sites (N-methyl/N-ethyl adjacent to an activating group) is 1. The Hall–Kier alpha value is -0.470. The fourth-order valence-corrected chi connectivity index (χ4v) is 4.52. The minimum Gasteiger partial charge on any atom is -0.380 e.